The molecule has 21 heteroatoms. The molecule has 6 aromatic rings. The first kappa shape index (κ1) is 57.7. The third-order valence-electron chi connectivity index (χ3n) is 14.9. The van der Waals surface area contributed by atoms with E-state index < -0.39 is 11.8 Å². The number of piperazine rings is 2. The van der Waals surface area contributed by atoms with E-state index in [1.807, 2.05) is 9.13 Å². The van der Waals surface area contributed by atoms with Crippen LogP contribution in [-0.4, -0.2) is 171 Å². The molecule has 0 aliphatic carbocycles. The molecule has 7 heterocycles. The largest absolute Gasteiger partial charge is 0.351 e. The summed E-state index contributed by atoms with van der Waals surface area (Å²) in [5.41, 5.74) is 4.59. The van der Waals surface area contributed by atoms with Gasteiger partial charge in [0, 0.05) is 134 Å². The lowest BCUT2D eigenvalue weighted by molar-refractivity contribution is 0.0933. The summed E-state index contributed by atoms with van der Waals surface area (Å²) in [7, 11) is 7.80. The summed E-state index contributed by atoms with van der Waals surface area (Å²) in [4.78, 5) is 94.3. The van der Waals surface area contributed by atoms with Crippen LogP contribution in [0.4, 0.5) is 22.7 Å². The fraction of sp³-hybridized carbons (Fsp3) is 0.483. The number of amides is 6. The summed E-state index contributed by atoms with van der Waals surface area (Å²) in [6.07, 6.45) is 10.2. The molecule has 0 unspecified atom stereocenters. The van der Waals surface area contributed by atoms with Gasteiger partial charge in [-0.2, -0.15) is 0 Å². The van der Waals surface area contributed by atoms with E-state index in [9.17, 15) is 28.8 Å². The van der Waals surface area contributed by atoms with Gasteiger partial charge in [-0.05, 0) is 113 Å². The van der Waals surface area contributed by atoms with Gasteiger partial charge in [-0.3, -0.25) is 28.8 Å². The van der Waals surface area contributed by atoms with E-state index in [0.29, 0.717) is 100 Å². The molecule has 2 fully saturated rings. The summed E-state index contributed by atoms with van der Waals surface area (Å²) in [6, 6.07) is 13.4. The third-order valence-corrected chi connectivity index (χ3v) is 14.9. The fourth-order valence-corrected chi connectivity index (χ4v) is 9.94. The monoisotopic (exact) mass is 1080 g/mol. The molecule has 0 bridgehead atoms. The molecule has 0 atom stereocenters. The Morgan fingerprint density at radius 3 is 1.34 bits per heavy atom. The number of anilines is 4. The number of carbonyl (C=O) groups is 6. The van der Waals surface area contributed by atoms with Gasteiger partial charge in [0.2, 0.25) is 0 Å². The van der Waals surface area contributed by atoms with Crippen molar-refractivity contribution in [2.24, 2.45) is 25.9 Å². The van der Waals surface area contributed by atoms with Crippen LogP contribution in [-0.2, 0) is 27.2 Å². The number of nitrogens with one attached hydrogen (secondary N) is 7. The number of benzene rings is 1. The minimum atomic E-state index is -0.437. The van der Waals surface area contributed by atoms with Crippen molar-refractivity contribution in [3.63, 3.8) is 0 Å². The quantitative estimate of drug-likeness (QED) is 0.0336. The molecule has 5 aromatic heterocycles. The highest BCUT2D eigenvalue weighted by atomic mass is 16.2. The van der Waals surface area contributed by atoms with Crippen molar-refractivity contribution in [3.8, 4) is 0 Å². The molecule has 7 N–H and O–H groups in total. The maximum Gasteiger partial charge on any atom is 0.272 e. The number of fused-ring (bicyclic) bond motifs is 1. The molecule has 6 amide bonds. The molecule has 1 aromatic carbocycles. The van der Waals surface area contributed by atoms with Crippen LogP contribution in [0.3, 0.4) is 0 Å². The van der Waals surface area contributed by atoms with Gasteiger partial charge in [0.05, 0.1) is 22.7 Å². The number of nitrogens with zero attached hydrogens (tertiary/aromatic N) is 8. The number of H-pyrrole nitrogens is 1. The second-order valence-corrected chi connectivity index (χ2v) is 22.2. The number of aromatic nitrogens is 5. The summed E-state index contributed by atoms with van der Waals surface area (Å²) >= 11 is 0. The highest BCUT2D eigenvalue weighted by Gasteiger charge is 2.23. The molecule has 8 rings (SSSR count). The predicted molar refractivity (Wildman–Crippen MR) is 310 cm³/mol. The van der Waals surface area contributed by atoms with E-state index >= 15 is 0 Å². The minimum Gasteiger partial charge on any atom is -0.351 e. The maximum atomic E-state index is 13.9. The Kier molecular flexibility index (Phi) is 19.3. The van der Waals surface area contributed by atoms with Crippen LogP contribution in [0.25, 0.3) is 10.9 Å². The van der Waals surface area contributed by atoms with Crippen LogP contribution in [0.2, 0.25) is 0 Å². The van der Waals surface area contributed by atoms with Crippen LogP contribution < -0.4 is 31.9 Å². The number of carbonyl (C=O) groups excluding carboxylic acids is 6. The molecule has 2 aliphatic heterocycles. The van der Waals surface area contributed by atoms with Crippen LogP contribution in [0.15, 0.2) is 73.3 Å². The second kappa shape index (κ2) is 26.5. The molecular formula is C58H81N15O6. The van der Waals surface area contributed by atoms with Gasteiger partial charge >= 0.3 is 0 Å². The van der Waals surface area contributed by atoms with Crippen molar-refractivity contribution in [1.82, 2.24) is 53.5 Å². The van der Waals surface area contributed by atoms with E-state index in [-0.39, 0.29) is 29.3 Å². The van der Waals surface area contributed by atoms with Gasteiger partial charge in [-0.15, -0.1) is 0 Å². The zero-order valence-corrected chi connectivity index (χ0v) is 47.3. The molecule has 2 saturated heterocycles. The smallest absolute Gasteiger partial charge is 0.272 e. The second-order valence-electron chi connectivity index (χ2n) is 22.2. The Hall–Kier alpha value is -7.46. The van der Waals surface area contributed by atoms with Gasteiger partial charge in [-0.1, -0.05) is 27.7 Å². The van der Waals surface area contributed by atoms with E-state index in [2.05, 4.69) is 98.3 Å². The molecule has 0 saturated carbocycles. The van der Waals surface area contributed by atoms with Crippen LogP contribution in [0.5, 0.6) is 0 Å². The number of aromatic amines is 1. The van der Waals surface area contributed by atoms with Crippen molar-refractivity contribution in [2.75, 3.05) is 114 Å². The highest BCUT2D eigenvalue weighted by Crippen LogP contribution is 2.25. The van der Waals surface area contributed by atoms with Gasteiger partial charge in [0.15, 0.2) is 0 Å². The van der Waals surface area contributed by atoms with Gasteiger partial charge in [-0.25, -0.2) is 0 Å². The first-order chi connectivity index (χ1) is 37.8. The number of rotatable bonds is 24. The highest BCUT2D eigenvalue weighted by molar-refractivity contribution is 6.11. The lowest BCUT2D eigenvalue weighted by Gasteiger charge is -2.32. The topological polar surface area (TPSA) is 223 Å². The van der Waals surface area contributed by atoms with Crippen molar-refractivity contribution < 1.29 is 28.8 Å². The van der Waals surface area contributed by atoms with Gasteiger partial charge in [0.1, 0.15) is 28.5 Å². The Morgan fingerprint density at radius 1 is 0.468 bits per heavy atom. The van der Waals surface area contributed by atoms with Crippen molar-refractivity contribution in [1.29, 1.82) is 0 Å². The average molecular weight is 1080 g/mol. The Balaban J connectivity index is 0.873. The van der Waals surface area contributed by atoms with Gasteiger partial charge in [0.25, 0.3) is 35.4 Å². The minimum absolute atomic E-state index is 0.213. The fourth-order valence-electron chi connectivity index (χ4n) is 9.94. The van der Waals surface area contributed by atoms with Crippen molar-refractivity contribution >= 4 is 69.1 Å². The predicted octanol–water partition coefficient (Wildman–Crippen LogP) is 6.28. The van der Waals surface area contributed by atoms with Gasteiger partial charge < -0.3 is 74.8 Å². The number of aryl methyl sites for hydroxylation is 4. The van der Waals surface area contributed by atoms with Crippen molar-refractivity contribution in [3.05, 3.63) is 107 Å². The van der Waals surface area contributed by atoms with Crippen LogP contribution >= 0.6 is 0 Å². The zero-order chi connectivity index (χ0) is 56.3. The van der Waals surface area contributed by atoms with Crippen molar-refractivity contribution in [2.45, 2.75) is 66.5 Å². The van der Waals surface area contributed by atoms with Crippen LogP contribution in [0, 0.1) is 11.8 Å². The number of likely N-dealkylation sites (N-methyl/N-ethyl adjacent to an activating group) is 2. The van der Waals surface area contributed by atoms with E-state index in [0.717, 1.165) is 91.1 Å². The van der Waals surface area contributed by atoms with E-state index in [4.69, 9.17) is 0 Å². The molecular weight excluding hydrogens is 1000 g/mol. The Morgan fingerprint density at radius 2 is 0.886 bits per heavy atom. The van der Waals surface area contributed by atoms with E-state index in [1.165, 1.54) is 0 Å². The maximum absolute atomic E-state index is 13.9. The number of hydrogen-bond donors (Lipinski definition) is 7. The first-order valence-electron chi connectivity index (χ1n) is 27.8. The zero-order valence-electron chi connectivity index (χ0n) is 47.3. The Labute approximate surface area is 463 Å². The average Bonchev–Trinajstić information content (AvgIpc) is 4.28. The molecule has 0 radical (unpaired) electrons. The summed E-state index contributed by atoms with van der Waals surface area (Å²) in [6.45, 7) is 20.7. The third kappa shape index (κ3) is 15.6. The Bertz CT molecular complexity index is 2940. The standard InChI is InChI=1S/C58H81N15O6/c1-39(2)13-19-72-37-45(33-51(72)57(78)63-43-31-49(68(7)35-43)55(76)59-15-9-17-70-25-21-66(5)22-26-70)61-53(74)41-11-12-47-42(29-41)30-48(65-47)54(75)62-46-34-52(73(38-46)20-14-40(3)4)58(79)64-44-32-50(69(8)36-44)56(77)60-16-10-18-71-27-23-67(6)24-28-71/h11-12,29-40,65H,9-10,13-28H2,1-8H3,(H,59,76)(H,60,77)(H,61,74)(H,62,75)(H,63,78)(H,64,79). The van der Waals surface area contributed by atoms with E-state index in [1.54, 1.807) is 96.5 Å². The normalized spacial score (nSPS) is 14.8. The summed E-state index contributed by atoms with van der Waals surface area (Å²) in [5.74, 6) is -1.32. The molecule has 21 nitrogen and oxygen atoms in total. The first-order valence-corrected chi connectivity index (χ1v) is 27.8. The SMILES string of the molecule is CC(C)CCn1cc(NC(=O)c2ccc3[nH]c(C(=O)Nc4cc(C(=O)Nc5cc(C(=O)NCCCN6CCN(C)CC6)n(C)c5)n(CCC(C)C)c4)cc3c2)cc1C(=O)Nc1cc(C(=O)NCCCN2CCN(C)CC2)n(C)c1. The van der Waals surface area contributed by atoms with Crippen LogP contribution in [0.1, 0.15) is 116 Å². The molecule has 79 heavy (non-hydrogen) atoms. The molecule has 424 valence electrons. The molecule has 2 aliphatic rings. The lowest BCUT2D eigenvalue weighted by Crippen LogP contribution is -2.45. The molecule has 0 spiro atoms. The lowest BCUT2D eigenvalue weighted by atomic mass is 10.1. The number of hydrogen-bond acceptors (Lipinski definition) is 10. The summed E-state index contributed by atoms with van der Waals surface area (Å²) in [5, 5.41) is 18.5. The summed E-state index contributed by atoms with van der Waals surface area (Å²) < 4.78 is 7.04.